The minimum atomic E-state index is -3.82. The summed E-state index contributed by atoms with van der Waals surface area (Å²) in [5.41, 5.74) is 7.80. The van der Waals surface area contributed by atoms with Crippen molar-refractivity contribution in [2.24, 2.45) is 10.1 Å². The molecule has 9 nitrogen and oxygen atoms in total. The lowest BCUT2D eigenvalue weighted by Gasteiger charge is -2.31. The van der Waals surface area contributed by atoms with Crippen LogP contribution in [0, 0.1) is 0 Å². The first-order valence-electron chi connectivity index (χ1n) is 10.3. The van der Waals surface area contributed by atoms with Gasteiger partial charge in [0.05, 0.1) is 16.8 Å². The number of benzene rings is 1. The van der Waals surface area contributed by atoms with Crippen molar-refractivity contribution in [1.29, 1.82) is 0 Å². The van der Waals surface area contributed by atoms with Crippen molar-refractivity contribution in [2.45, 2.75) is 37.8 Å². The highest BCUT2D eigenvalue weighted by atomic mass is 32.2. The molecule has 0 amide bonds. The number of nitrogens with one attached hydrogen (secondary N) is 2. The van der Waals surface area contributed by atoms with Gasteiger partial charge < -0.3 is 20.7 Å². The molecule has 10 heteroatoms. The van der Waals surface area contributed by atoms with E-state index >= 15 is 0 Å². The molecule has 1 aromatic heterocycles. The number of anilines is 2. The quantitative estimate of drug-likeness (QED) is 0.597. The van der Waals surface area contributed by atoms with Crippen molar-refractivity contribution in [3.63, 3.8) is 0 Å². The SMILES string of the molecule is CN(C)c1cc(CNC2(COc3cccc4c3C(N)=NS(=O)(=O)N4)CCCC2)ccn1. The van der Waals surface area contributed by atoms with E-state index in [0.717, 1.165) is 37.1 Å². The third-order valence-corrected chi connectivity index (χ3v) is 6.66. The molecule has 2 heterocycles. The van der Waals surface area contributed by atoms with E-state index in [0.29, 0.717) is 30.2 Å². The average Bonchev–Trinajstić information content (AvgIpc) is 3.19. The Morgan fingerprint density at radius 1 is 1.26 bits per heavy atom. The number of hydrogen-bond acceptors (Lipinski definition) is 7. The van der Waals surface area contributed by atoms with Gasteiger partial charge in [-0.15, -0.1) is 4.40 Å². The van der Waals surface area contributed by atoms with Crippen molar-refractivity contribution < 1.29 is 13.2 Å². The maximum absolute atomic E-state index is 11.8. The molecule has 0 unspecified atom stereocenters. The number of pyridine rings is 1. The molecule has 166 valence electrons. The van der Waals surface area contributed by atoms with Crippen molar-refractivity contribution in [1.82, 2.24) is 10.3 Å². The van der Waals surface area contributed by atoms with E-state index in [1.165, 1.54) is 0 Å². The largest absolute Gasteiger partial charge is 0.491 e. The average molecular weight is 445 g/mol. The minimum Gasteiger partial charge on any atom is -0.491 e. The number of fused-ring (bicyclic) bond motifs is 1. The van der Waals surface area contributed by atoms with Crippen LogP contribution < -0.4 is 25.4 Å². The Kier molecular flexibility index (Phi) is 5.76. The maximum Gasteiger partial charge on any atom is 0.344 e. The van der Waals surface area contributed by atoms with Gasteiger partial charge in [0, 0.05) is 26.8 Å². The third kappa shape index (κ3) is 4.75. The van der Waals surface area contributed by atoms with Crippen LogP contribution in [0.4, 0.5) is 11.5 Å². The second-order valence-corrected chi connectivity index (χ2v) is 9.62. The van der Waals surface area contributed by atoms with Gasteiger partial charge in [-0.1, -0.05) is 18.9 Å². The normalized spacial score (nSPS) is 18.6. The number of nitrogens with zero attached hydrogens (tertiary/aromatic N) is 3. The van der Waals surface area contributed by atoms with Crippen LogP contribution in [0.3, 0.4) is 0 Å². The molecule has 1 aliphatic heterocycles. The lowest BCUT2D eigenvalue weighted by molar-refractivity contribution is 0.181. The molecule has 1 aliphatic carbocycles. The van der Waals surface area contributed by atoms with Gasteiger partial charge in [0.15, 0.2) is 5.84 Å². The molecule has 0 spiro atoms. The Bertz CT molecular complexity index is 1090. The van der Waals surface area contributed by atoms with Crippen LogP contribution in [0.5, 0.6) is 5.75 Å². The minimum absolute atomic E-state index is 0.0641. The van der Waals surface area contributed by atoms with E-state index in [-0.39, 0.29) is 11.4 Å². The van der Waals surface area contributed by atoms with Crippen LogP contribution in [0.2, 0.25) is 0 Å². The van der Waals surface area contributed by atoms with E-state index < -0.39 is 10.2 Å². The molecule has 4 N–H and O–H groups in total. The van der Waals surface area contributed by atoms with Gasteiger partial charge in [0.2, 0.25) is 0 Å². The number of hydrogen-bond donors (Lipinski definition) is 3. The fourth-order valence-electron chi connectivity index (χ4n) is 4.08. The van der Waals surface area contributed by atoms with Crippen LogP contribution >= 0.6 is 0 Å². The highest BCUT2D eigenvalue weighted by Gasteiger charge is 2.35. The van der Waals surface area contributed by atoms with Crippen LogP contribution in [-0.2, 0) is 16.8 Å². The Morgan fingerprint density at radius 3 is 2.77 bits per heavy atom. The van der Waals surface area contributed by atoms with Gasteiger partial charge >= 0.3 is 10.2 Å². The van der Waals surface area contributed by atoms with Gasteiger partial charge in [0.1, 0.15) is 18.2 Å². The molecule has 1 aromatic carbocycles. The Morgan fingerprint density at radius 2 is 2.03 bits per heavy atom. The van der Waals surface area contributed by atoms with Gasteiger partial charge in [0.25, 0.3) is 0 Å². The number of aromatic nitrogens is 1. The molecule has 4 rings (SSSR count). The lowest BCUT2D eigenvalue weighted by Crippen LogP contribution is -2.47. The molecule has 0 atom stereocenters. The maximum atomic E-state index is 11.8. The molecule has 2 aliphatic rings. The smallest absolute Gasteiger partial charge is 0.344 e. The summed E-state index contributed by atoms with van der Waals surface area (Å²) >= 11 is 0. The molecule has 0 saturated heterocycles. The lowest BCUT2D eigenvalue weighted by atomic mass is 9.98. The van der Waals surface area contributed by atoms with E-state index in [9.17, 15) is 8.42 Å². The number of rotatable bonds is 7. The fraction of sp³-hybridized carbons (Fsp3) is 0.429. The Hall–Kier alpha value is -2.85. The van der Waals surface area contributed by atoms with Crippen molar-refractivity contribution in [2.75, 3.05) is 30.3 Å². The van der Waals surface area contributed by atoms with Crippen LogP contribution in [0.1, 0.15) is 36.8 Å². The molecule has 2 aromatic rings. The summed E-state index contributed by atoms with van der Waals surface area (Å²) in [6.07, 6.45) is 6.09. The van der Waals surface area contributed by atoms with Crippen LogP contribution in [0.15, 0.2) is 40.9 Å². The van der Waals surface area contributed by atoms with Gasteiger partial charge in [-0.25, -0.2) is 4.98 Å². The first-order chi connectivity index (χ1) is 14.8. The summed E-state index contributed by atoms with van der Waals surface area (Å²) in [6.45, 7) is 1.16. The van der Waals surface area contributed by atoms with Gasteiger partial charge in [-0.05, 0) is 42.7 Å². The first-order valence-corrected chi connectivity index (χ1v) is 11.7. The van der Waals surface area contributed by atoms with Crippen molar-refractivity contribution >= 4 is 27.6 Å². The third-order valence-electron chi connectivity index (χ3n) is 5.74. The molecular formula is C21H28N6O3S. The Balaban J connectivity index is 1.50. The zero-order valence-corrected chi connectivity index (χ0v) is 18.6. The zero-order valence-electron chi connectivity index (χ0n) is 17.8. The highest BCUT2D eigenvalue weighted by Crippen LogP contribution is 2.34. The van der Waals surface area contributed by atoms with Crippen molar-refractivity contribution in [3.05, 3.63) is 47.7 Å². The predicted octanol–water partition coefficient (Wildman–Crippen LogP) is 2.00. The topological polar surface area (TPSA) is 122 Å². The van der Waals surface area contributed by atoms with Crippen LogP contribution in [-0.4, -0.2) is 45.5 Å². The van der Waals surface area contributed by atoms with Crippen LogP contribution in [0.25, 0.3) is 0 Å². The van der Waals surface area contributed by atoms with Gasteiger partial charge in [-0.2, -0.15) is 8.42 Å². The summed E-state index contributed by atoms with van der Waals surface area (Å²) in [6, 6.07) is 9.27. The van der Waals surface area contributed by atoms with E-state index in [4.69, 9.17) is 10.5 Å². The zero-order chi connectivity index (χ0) is 22.1. The highest BCUT2D eigenvalue weighted by molar-refractivity contribution is 7.91. The summed E-state index contributed by atoms with van der Waals surface area (Å²) in [4.78, 5) is 6.35. The standard InChI is InChI=1S/C21H28N6O3S/c1-27(2)18-12-15(8-11-23-18)13-24-21(9-3-4-10-21)14-30-17-7-5-6-16-19(17)20(22)26-31(28,29)25-16/h5-8,11-12,24-25H,3-4,9-10,13-14H2,1-2H3,(H2,22,26). The molecule has 0 bridgehead atoms. The molecule has 1 fully saturated rings. The summed E-state index contributed by atoms with van der Waals surface area (Å²) in [5.74, 6) is 1.38. The van der Waals surface area contributed by atoms with Crippen molar-refractivity contribution in [3.8, 4) is 5.75 Å². The Labute approximate surface area is 182 Å². The predicted molar refractivity (Wildman–Crippen MR) is 122 cm³/mol. The fourth-order valence-corrected chi connectivity index (χ4v) is 4.93. The molecule has 31 heavy (non-hydrogen) atoms. The molecule has 0 radical (unpaired) electrons. The second kappa shape index (κ2) is 8.35. The summed E-state index contributed by atoms with van der Waals surface area (Å²) in [5, 5.41) is 3.71. The molecule has 1 saturated carbocycles. The second-order valence-electron chi connectivity index (χ2n) is 8.28. The monoisotopic (exact) mass is 444 g/mol. The first kappa shape index (κ1) is 21.4. The van der Waals surface area contributed by atoms with E-state index in [1.807, 2.05) is 31.3 Å². The summed E-state index contributed by atoms with van der Waals surface area (Å²) < 4.78 is 35.8. The number of amidine groups is 1. The number of nitrogens with two attached hydrogens (primary N) is 1. The number of ether oxygens (including phenoxy) is 1. The van der Waals surface area contributed by atoms with E-state index in [2.05, 4.69) is 25.5 Å². The molecular weight excluding hydrogens is 416 g/mol. The van der Waals surface area contributed by atoms with Gasteiger partial charge in [-0.3, -0.25) is 4.72 Å². The summed E-state index contributed by atoms with van der Waals surface area (Å²) in [7, 11) is 0.130. The van der Waals surface area contributed by atoms with E-state index in [1.54, 1.807) is 18.2 Å².